The first-order valence-corrected chi connectivity index (χ1v) is 7.94. The summed E-state index contributed by atoms with van der Waals surface area (Å²) in [5.74, 6) is 0.377. The number of rotatable bonds is 7. The summed E-state index contributed by atoms with van der Waals surface area (Å²) in [6.45, 7) is 2.32. The summed E-state index contributed by atoms with van der Waals surface area (Å²) in [5.41, 5.74) is 0.413. The highest BCUT2D eigenvalue weighted by molar-refractivity contribution is 9.10. The van der Waals surface area contributed by atoms with Crippen LogP contribution in [0.5, 0.6) is 11.5 Å². The molecule has 4 nitrogen and oxygen atoms in total. The van der Waals surface area contributed by atoms with Gasteiger partial charge in [-0.05, 0) is 31.2 Å². The van der Waals surface area contributed by atoms with E-state index in [0.29, 0.717) is 28.1 Å². The Bertz CT molecular complexity index is 679. The molecule has 0 heterocycles. The van der Waals surface area contributed by atoms with Gasteiger partial charge >= 0.3 is 0 Å². The van der Waals surface area contributed by atoms with Gasteiger partial charge in [0.15, 0.2) is 18.1 Å². The number of nitrogens with one attached hydrogen (secondary N) is 1. The van der Waals surface area contributed by atoms with Gasteiger partial charge in [-0.3, -0.25) is 4.79 Å². The van der Waals surface area contributed by atoms with Crippen LogP contribution in [0.1, 0.15) is 12.5 Å². The lowest BCUT2D eigenvalue weighted by molar-refractivity contribution is -0.123. The zero-order chi connectivity index (χ0) is 16.7. The molecule has 0 aliphatic heterocycles. The normalized spacial score (nSPS) is 10.2. The maximum absolute atomic E-state index is 13.7. The van der Waals surface area contributed by atoms with Crippen LogP contribution in [-0.2, 0) is 11.3 Å². The molecule has 0 aromatic heterocycles. The van der Waals surface area contributed by atoms with Gasteiger partial charge in [-0.25, -0.2) is 4.39 Å². The lowest BCUT2D eigenvalue weighted by Gasteiger charge is -2.12. The van der Waals surface area contributed by atoms with E-state index in [4.69, 9.17) is 9.47 Å². The highest BCUT2D eigenvalue weighted by Crippen LogP contribution is 2.26. The first-order valence-electron chi connectivity index (χ1n) is 7.15. The molecule has 1 amide bonds. The first-order chi connectivity index (χ1) is 11.1. The Kier molecular flexibility index (Phi) is 6.40. The minimum absolute atomic E-state index is 0.106. The van der Waals surface area contributed by atoms with E-state index < -0.39 is 0 Å². The third kappa shape index (κ3) is 5.25. The Balaban J connectivity index is 1.86. The molecule has 0 aliphatic carbocycles. The predicted molar refractivity (Wildman–Crippen MR) is 89.1 cm³/mol. The maximum atomic E-state index is 13.7. The standard InChI is InChI=1S/C17H17BrFNO3/c1-2-22-15-5-3-4-6-16(15)23-11-17(21)20-10-12-7-8-13(18)9-14(12)19/h3-9H,2,10-11H2,1H3,(H,20,21). The Hall–Kier alpha value is -2.08. The van der Waals surface area contributed by atoms with Crippen LogP contribution in [0.15, 0.2) is 46.9 Å². The molecule has 2 aromatic rings. The molecule has 0 radical (unpaired) electrons. The van der Waals surface area contributed by atoms with Crippen molar-refractivity contribution in [3.05, 3.63) is 58.3 Å². The van der Waals surface area contributed by atoms with E-state index in [1.165, 1.54) is 6.07 Å². The van der Waals surface area contributed by atoms with Crippen LogP contribution in [0.2, 0.25) is 0 Å². The minimum atomic E-state index is -0.373. The van der Waals surface area contributed by atoms with Crippen molar-refractivity contribution in [2.75, 3.05) is 13.2 Å². The number of hydrogen-bond acceptors (Lipinski definition) is 3. The summed E-state index contributed by atoms with van der Waals surface area (Å²) in [7, 11) is 0. The number of amides is 1. The minimum Gasteiger partial charge on any atom is -0.490 e. The molecule has 0 saturated carbocycles. The van der Waals surface area contributed by atoms with Crippen molar-refractivity contribution in [2.45, 2.75) is 13.5 Å². The largest absolute Gasteiger partial charge is 0.490 e. The lowest BCUT2D eigenvalue weighted by atomic mass is 10.2. The van der Waals surface area contributed by atoms with Crippen molar-refractivity contribution in [3.63, 3.8) is 0 Å². The Morgan fingerprint density at radius 1 is 1.17 bits per heavy atom. The molecule has 2 rings (SSSR count). The van der Waals surface area contributed by atoms with E-state index in [-0.39, 0.29) is 24.9 Å². The fourth-order valence-corrected chi connectivity index (χ4v) is 2.23. The molecule has 1 N–H and O–H groups in total. The zero-order valence-corrected chi connectivity index (χ0v) is 14.2. The number of carbonyl (C=O) groups excluding carboxylic acids is 1. The van der Waals surface area contributed by atoms with E-state index in [2.05, 4.69) is 21.2 Å². The van der Waals surface area contributed by atoms with Gasteiger partial charge < -0.3 is 14.8 Å². The molecule has 0 fully saturated rings. The lowest BCUT2D eigenvalue weighted by Crippen LogP contribution is -2.28. The number of hydrogen-bond donors (Lipinski definition) is 1. The molecule has 0 aliphatic rings. The van der Waals surface area contributed by atoms with Crippen LogP contribution in [0, 0.1) is 5.82 Å². The molecular weight excluding hydrogens is 365 g/mol. The Labute approximate surface area is 142 Å². The quantitative estimate of drug-likeness (QED) is 0.795. The smallest absolute Gasteiger partial charge is 0.258 e. The second kappa shape index (κ2) is 8.53. The molecule has 122 valence electrons. The molecule has 0 saturated heterocycles. The highest BCUT2D eigenvalue weighted by Gasteiger charge is 2.09. The Morgan fingerprint density at radius 3 is 2.52 bits per heavy atom. The van der Waals surface area contributed by atoms with E-state index in [9.17, 15) is 9.18 Å². The SMILES string of the molecule is CCOc1ccccc1OCC(=O)NCc1ccc(Br)cc1F. The first kappa shape index (κ1) is 17.3. The Morgan fingerprint density at radius 2 is 1.87 bits per heavy atom. The van der Waals surface area contributed by atoms with Crippen LogP contribution in [-0.4, -0.2) is 19.1 Å². The van der Waals surface area contributed by atoms with Crippen LogP contribution in [0.4, 0.5) is 4.39 Å². The van der Waals surface area contributed by atoms with Crippen LogP contribution >= 0.6 is 15.9 Å². The molecule has 0 unspecified atom stereocenters. The number of benzene rings is 2. The van der Waals surface area contributed by atoms with Gasteiger partial charge in [-0.15, -0.1) is 0 Å². The fourth-order valence-electron chi connectivity index (χ4n) is 1.90. The van der Waals surface area contributed by atoms with Gasteiger partial charge in [-0.2, -0.15) is 0 Å². The maximum Gasteiger partial charge on any atom is 0.258 e. The van der Waals surface area contributed by atoms with Gasteiger partial charge in [0.1, 0.15) is 5.82 Å². The van der Waals surface area contributed by atoms with Gasteiger partial charge in [0.25, 0.3) is 5.91 Å². The second-order valence-corrected chi connectivity index (χ2v) is 5.60. The summed E-state index contributed by atoms with van der Waals surface area (Å²) < 4.78 is 25.2. The molecule has 0 atom stereocenters. The van der Waals surface area contributed by atoms with E-state index >= 15 is 0 Å². The van der Waals surface area contributed by atoms with Gasteiger partial charge in [-0.1, -0.05) is 34.1 Å². The van der Waals surface area contributed by atoms with Crippen molar-refractivity contribution in [1.29, 1.82) is 0 Å². The molecule has 23 heavy (non-hydrogen) atoms. The van der Waals surface area contributed by atoms with Gasteiger partial charge in [0, 0.05) is 16.6 Å². The van der Waals surface area contributed by atoms with Crippen LogP contribution in [0.3, 0.4) is 0 Å². The number of para-hydroxylation sites is 2. The third-order valence-corrected chi connectivity index (χ3v) is 3.49. The summed E-state index contributed by atoms with van der Waals surface area (Å²) >= 11 is 3.19. The summed E-state index contributed by atoms with van der Waals surface area (Å²) in [5, 5.41) is 2.62. The molecular formula is C17H17BrFNO3. The molecule has 0 spiro atoms. The summed E-state index contributed by atoms with van der Waals surface area (Å²) in [6.07, 6.45) is 0. The molecule has 6 heteroatoms. The average Bonchev–Trinajstić information content (AvgIpc) is 2.53. The van der Waals surface area contributed by atoms with Gasteiger partial charge in [0.05, 0.1) is 6.61 Å². The number of ether oxygens (including phenoxy) is 2. The van der Waals surface area contributed by atoms with Crippen molar-refractivity contribution in [3.8, 4) is 11.5 Å². The van der Waals surface area contributed by atoms with Crippen molar-refractivity contribution >= 4 is 21.8 Å². The third-order valence-electron chi connectivity index (χ3n) is 3.00. The zero-order valence-electron chi connectivity index (χ0n) is 12.6. The predicted octanol–water partition coefficient (Wildman–Crippen LogP) is 3.68. The second-order valence-electron chi connectivity index (χ2n) is 4.68. The van der Waals surface area contributed by atoms with E-state index in [0.717, 1.165) is 0 Å². The number of halogens is 2. The van der Waals surface area contributed by atoms with Crippen molar-refractivity contribution in [1.82, 2.24) is 5.32 Å². The average molecular weight is 382 g/mol. The fraction of sp³-hybridized carbons (Fsp3) is 0.235. The van der Waals surface area contributed by atoms with E-state index in [1.807, 2.05) is 13.0 Å². The van der Waals surface area contributed by atoms with E-state index in [1.54, 1.807) is 30.3 Å². The molecule has 0 bridgehead atoms. The van der Waals surface area contributed by atoms with Crippen LogP contribution < -0.4 is 14.8 Å². The number of carbonyl (C=O) groups is 1. The summed E-state index contributed by atoms with van der Waals surface area (Å²) in [6, 6.07) is 11.8. The molecule has 2 aromatic carbocycles. The summed E-state index contributed by atoms with van der Waals surface area (Å²) in [4.78, 5) is 11.8. The highest BCUT2D eigenvalue weighted by atomic mass is 79.9. The van der Waals surface area contributed by atoms with Crippen molar-refractivity contribution in [2.24, 2.45) is 0 Å². The van der Waals surface area contributed by atoms with Gasteiger partial charge in [0.2, 0.25) is 0 Å². The van der Waals surface area contributed by atoms with Crippen LogP contribution in [0.25, 0.3) is 0 Å². The monoisotopic (exact) mass is 381 g/mol. The van der Waals surface area contributed by atoms with Crippen molar-refractivity contribution < 1.29 is 18.7 Å². The topological polar surface area (TPSA) is 47.6 Å².